The number of unbranched alkanes of at least 4 members (excludes halogenated alkanes) is 2. The molecule has 1 rings (SSSR count). The molecule has 120 valence electrons. The van der Waals surface area contributed by atoms with Crippen LogP contribution >= 0.6 is 0 Å². The van der Waals surface area contributed by atoms with E-state index >= 15 is 0 Å². The Morgan fingerprint density at radius 3 is 2.73 bits per heavy atom. The molecule has 0 saturated carbocycles. The average Bonchev–Trinajstić information content (AvgIpc) is 2.50. The van der Waals surface area contributed by atoms with E-state index in [9.17, 15) is 19.5 Å². The van der Waals surface area contributed by atoms with Gasteiger partial charge in [0, 0.05) is 19.0 Å². The van der Waals surface area contributed by atoms with Crippen molar-refractivity contribution in [2.75, 3.05) is 13.7 Å². The van der Waals surface area contributed by atoms with E-state index in [4.69, 9.17) is 0 Å². The summed E-state index contributed by atoms with van der Waals surface area (Å²) in [6.07, 6.45) is 5.67. The lowest BCUT2D eigenvalue weighted by atomic mass is 10.2. The zero-order chi connectivity index (χ0) is 16.4. The molecule has 0 unspecified atom stereocenters. The van der Waals surface area contributed by atoms with E-state index in [1.165, 1.54) is 23.9 Å². The second kappa shape index (κ2) is 9.49. The quantitative estimate of drug-likeness (QED) is 0.365. The van der Waals surface area contributed by atoms with Gasteiger partial charge in [0.2, 0.25) is 6.54 Å². The highest BCUT2D eigenvalue weighted by Gasteiger charge is 2.09. The Labute approximate surface area is 128 Å². The predicted octanol–water partition coefficient (Wildman–Crippen LogP) is -0.813. The molecule has 7 heteroatoms. The summed E-state index contributed by atoms with van der Waals surface area (Å²) in [5.41, 5.74) is 0.0260. The molecular weight excluding hydrogens is 288 g/mol. The number of hydrogen-bond donors (Lipinski definition) is 1. The Kier molecular flexibility index (Phi) is 7.60. The summed E-state index contributed by atoms with van der Waals surface area (Å²) in [5.74, 6) is -1.71. The van der Waals surface area contributed by atoms with Gasteiger partial charge >= 0.3 is 5.97 Å². The number of esters is 1. The third kappa shape index (κ3) is 6.83. The van der Waals surface area contributed by atoms with Crippen molar-refractivity contribution < 1.29 is 28.8 Å². The van der Waals surface area contributed by atoms with Crippen molar-refractivity contribution in [2.24, 2.45) is 0 Å². The van der Waals surface area contributed by atoms with Gasteiger partial charge < -0.3 is 20.0 Å². The first kappa shape index (κ1) is 17.6. The number of pyridine rings is 1. The van der Waals surface area contributed by atoms with Crippen molar-refractivity contribution in [3.63, 3.8) is 0 Å². The molecule has 0 radical (unpaired) electrons. The van der Waals surface area contributed by atoms with Crippen LogP contribution in [0.15, 0.2) is 24.5 Å². The molecule has 1 heterocycles. The molecule has 1 amide bonds. The van der Waals surface area contributed by atoms with Crippen LogP contribution in [0.4, 0.5) is 0 Å². The molecule has 7 nitrogen and oxygen atoms in total. The maximum atomic E-state index is 11.7. The number of amides is 1. The van der Waals surface area contributed by atoms with Crippen LogP contribution in [0.25, 0.3) is 0 Å². The van der Waals surface area contributed by atoms with Crippen molar-refractivity contribution in [1.29, 1.82) is 0 Å². The summed E-state index contributed by atoms with van der Waals surface area (Å²) < 4.78 is 6.01. The number of aromatic carboxylic acids is 1. The van der Waals surface area contributed by atoms with E-state index in [2.05, 4.69) is 10.1 Å². The first-order valence-electron chi connectivity index (χ1n) is 7.07. The number of ether oxygens (including phenoxy) is 1. The summed E-state index contributed by atoms with van der Waals surface area (Å²) in [4.78, 5) is 33.3. The summed E-state index contributed by atoms with van der Waals surface area (Å²) in [6.45, 7) is 0.560. The lowest BCUT2D eigenvalue weighted by Crippen LogP contribution is -2.43. The SMILES string of the molecule is COC(=O)CCCCCNC(=O)C[n+]1cccc(C(=O)[O-])c1. The molecule has 1 aromatic rings. The van der Waals surface area contributed by atoms with Crippen LogP contribution in [0, 0.1) is 0 Å². The maximum Gasteiger partial charge on any atom is 0.305 e. The minimum atomic E-state index is -1.28. The van der Waals surface area contributed by atoms with Crippen molar-refractivity contribution in [1.82, 2.24) is 5.32 Å². The van der Waals surface area contributed by atoms with Crippen molar-refractivity contribution >= 4 is 17.8 Å². The van der Waals surface area contributed by atoms with Crippen LogP contribution in [-0.4, -0.2) is 31.5 Å². The number of carbonyl (C=O) groups excluding carboxylic acids is 3. The van der Waals surface area contributed by atoms with E-state index < -0.39 is 5.97 Å². The van der Waals surface area contributed by atoms with Crippen LogP contribution < -0.4 is 15.0 Å². The highest BCUT2D eigenvalue weighted by atomic mass is 16.5. The van der Waals surface area contributed by atoms with Gasteiger partial charge in [0.1, 0.15) is 0 Å². The lowest BCUT2D eigenvalue weighted by molar-refractivity contribution is -0.684. The minimum Gasteiger partial charge on any atom is -0.545 e. The van der Waals surface area contributed by atoms with Gasteiger partial charge in [-0.25, -0.2) is 0 Å². The van der Waals surface area contributed by atoms with Gasteiger partial charge in [0.05, 0.1) is 18.6 Å². The zero-order valence-corrected chi connectivity index (χ0v) is 12.5. The van der Waals surface area contributed by atoms with Gasteiger partial charge in [0.25, 0.3) is 5.91 Å². The van der Waals surface area contributed by atoms with Crippen molar-refractivity contribution in [2.45, 2.75) is 32.2 Å². The summed E-state index contributed by atoms with van der Waals surface area (Å²) in [6, 6.07) is 2.95. The Morgan fingerprint density at radius 1 is 1.27 bits per heavy atom. The standard InChI is InChI=1S/C15H20N2O5/c1-22-14(19)7-3-2-4-8-16-13(18)11-17-9-5-6-12(10-17)15(20)21/h5-6,9-10H,2-4,7-8,11H2,1H3,(H-,16,18,20,21). The number of carboxylic acid groups (broad SMARTS) is 1. The smallest absolute Gasteiger partial charge is 0.305 e. The molecule has 0 saturated heterocycles. The Bertz CT molecular complexity index is 530. The number of carboxylic acids is 1. The average molecular weight is 308 g/mol. The van der Waals surface area contributed by atoms with Gasteiger partial charge in [-0.05, 0) is 18.9 Å². The fourth-order valence-electron chi connectivity index (χ4n) is 1.86. The zero-order valence-electron chi connectivity index (χ0n) is 12.5. The number of methoxy groups -OCH3 is 1. The second-order valence-electron chi connectivity index (χ2n) is 4.79. The molecule has 0 aromatic carbocycles. The van der Waals surface area contributed by atoms with Crippen LogP contribution in [0.5, 0.6) is 0 Å². The number of rotatable bonds is 9. The topological polar surface area (TPSA) is 99.4 Å². The normalized spacial score (nSPS) is 10.0. The monoisotopic (exact) mass is 308 g/mol. The van der Waals surface area contributed by atoms with Crippen LogP contribution in [0.2, 0.25) is 0 Å². The summed E-state index contributed by atoms with van der Waals surface area (Å²) in [5, 5.41) is 13.5. The minimum absolute atomic E-state index is 0.0260. The number of hydrogen-bond acceptors (Lipinski definition) is 5. The van der Waals surface area contributed by atoms with E-state index in [0.717, 1.165) is 19.3 Å². The van der Waals surface area contributed by atoms with Gasteiger partial charge in [-0.1, -0.05) is 6.42 Å². The van der Waals surface area contributed by atoms with Crippen molar-refractivity contribution in [3.05, 3.63) is 30.1 Å². The molecule has 22 heavy (non-hydrogen) atoms. The van der Waals surface area contributed by atoms with Crippen LogP contribution in [0.1, 0.15) is 36.0 Å². The van der Waals surface area contributed by atoms with Gasteiger partial charge in [0.15, 0.2) is 12.4 Å². The maximum absolute atomic E-state index is 11.7. The molecule has 0 bridgehead atoms. The summed E-state index contributed by atoms with van der Waals surface area (Å²) in [7, 11) is 1.36. The third-order valence-corrected chi connectivity index (χ3v) is 3.03. The molecule has 0 aliphatic heterocycles. The number of nitrogens with one attached hydrogen (secondary N) is 1. The number of carbonyl (C=O) groups is 3. The Hall–Kier alpha value is -2.44. The molecule has 0 aliphatic carbocycles. The van der Waals surface area contributed by atoms with Gasteiger partial charge in [-0.15, -0.1) is 0 Å². The predicted molar refractivity (Wildman–Crippen MR) is 74.5 cm³/mol. The summed E-state index contributed by atoms with van der Waals surface area (Å²) >= 11 is 0. The Balaban J connectivity index is 2.22. The molecule has 0 spiro atoms. The molecule has 0 fully saturated rings. The van der Waals surface area contributed by atoms with Gasteiger partial charge in [-0.3, -0.25) is 9.59 Å². The molecule has 0 atom stereocenters. The van der Waals surface area contributed by atoms with E-state index in [0.29, 0.717) is 13.0 Å². The first-order valence-corrected chi connectivity index (χ1v) is 7.07. The highest BCUT2D eigenvalue weighted by molar-refractivity contribution is 5.84. The van der Waals surface area contributed by atoms with E-state index in [1.54, 1.807) is 12.3 Å². The molecular formula is C15H20N2O5. The first-order chi connectivity index (χ1) is 10.5. The number of aromatic nitrogens is 1. The third-order valence-electron chi connectivity index (χ3n) is 3.03. The fraction of sp³-hybridized carbons (Fsp3) is 0.467. The van der Waals surface area contributed by atoms with E-state index in [1.807, 2.05) is 0 Å². The largest absolute Gasteiger partial charge is 0.545 e. The fourth-order valence-corrected chi connectivity index (χ4v) is 1.86. The van der Waals surface area contributed by atoms with Gasteiger partial charge in [-0.2, -0.15) is 4.57 Å². The molecule has 0 aliphatic rings. The molecule has 1 aromatic heterocycles. The van der Waals surface area contributed by atoms with Crippen molar-refractivity contribution in [3.8, 4) is 0 Å². The van der Waals surface area contributed by atoms with Crippen LogP contribution in [-0.2, 0) is 20.9 Å². The highest BCUT2D eigenvalue weighted by Crippen LogP contribution is 2.00. The number of nitrogens with zero attached hydrogens (tertiary/aromatic N) is 1. The van der Waals surface area contributed by atoms with E-state index in [-0.39, 0.29) is 24.0 Å². The van der Waals surface area contributed by atoms with Crippen LogP contribution in [0.3, 0.4) is 0 Å². The Morgan fingerprint density at radius 2 is 2.05 bits per heavy atom. The molecule has 1 N–H and O–H groups in total. The second-order valence-corrected chi connectivity index (χ2v) is 4.79. The lowest BCUT2D eigenvalue weighted by Gasteiger charge is -2.04.